The molecule has 0 atom stereocenters. The first-order chi connectivity index (χ1) is 8.81. The van der Waals surface area contributed by atoms with Crippen molar-refractivity contribution >= 4 is 0 Å². The van der Waals surface area contributed by atoms with Crippen molar-refractivity contribution in [2.45, 2.75) is 46.5 Å². The van der Waals surface area contributed by atoms with E-state index >= 15 is 0 Å². The number of hydrogen-bond acceptors (Lipinski definition) is 4. The molecule has 0 rings (SSSR count). The molecule has 0 amide bonds. The minimum absolute atomic E-state index is 0.548. The lowest BCUT2D eigenvalue weighted by atomic mass is 10.4. The summed E-state index contributed by atoms with van der Waals surface area (Å²) >= 11 is 0. The lowest BCUT2D eigenvalue weighted by Crippen LogP contribution is -2.13. The number of hydrogen-bond donors (Lipinski definition) is 0. The Kier molecular flexibility index (Phi) is 14.8. The van der Waals surface area contributed by atoms with Crippen molar-refractivity contribution in [1.29, 1.82) is 0 Å². The first-order valence-electron chi connectivity index (χ1n) is 7.05. The van der Waals surface area contributed by atoms with Gasteiger partial charge in [0.2, 0.25) is 6.29 Å². The predicted octanol–water partition coefficient (Wildman–Crippen LogP) is 3.16. The fourth-order valence-electron chi connectivity index (χ4n) is 1.23. The summed E-state index contributed by atoms with van der Waals surface area (Å²) in [6.07, 6.45) is 5.12. The molecule has 1 radical (unpaired) electrons. The average molecular weight is 261 g/mol. The molecule has 0 aliphatic carbocycles. The summed E-state index contributed by atoms with van der Waals surface area (Å²) in [5, 5.41) is 0. The fourth-order valence-corrected chi connectivity index (χ4v) is 1.23. The zero-order valence-electron chi connectivity index (χ0n) is 12.2. The molecule has 4 heteroatoms. The highest BCUT2D eigenvalue weighted by atomic mass is 16.7. The van der Waals surface area contributed by atoms with Crippen LogP contribution < -0.4 is 0 Å². The molecular formula is C14H29O4. The first kappa shape index (κ1) is 17.8. The van der Waals surface area contributed by atoms with E-state index in [1.54, 1.807) is 0 Å². The molecule has 0 aromatic heterocycles. The van der Waals surface area contributed by atoms with E-state index in [1.807, 2.05) is 6.92 Å². The van der Waals surface area contributed by atoms with Gasteiger partial charge in [0.15, 0.2) is 0 Å². The summed E-state index contributed by atoms with van der Waals surface area (Å²) in [5.74, 6) is 0. The van der Waals surface area contributed by atoms with Crippen molar-refractivity contribution in [2.75, 3.05) is 39.6 Å². The molecule has 0 spiro atoms. The predicted molar refractivity (Wildman–Crippen MR) is 72.3 cm³/mol. The van der Waals surface area contributed by atoms with E-state index in [0.717, 1.165) is 38.9 Å². The van der Waals surface area contributed by atoms with Crippen LogP contribution in [0.5, 0.6) is 0 Å². The third-order valence-corrected chi connectivity index (χ3v) is 2.35. The Morgan fingerprint density at radius 1 is 0.667 bits per heavy atom. The maximum Gasteiger partial charge on any atom is 0.220 e. The Labute approximate surface area is 112 Å². The normalized spacial score (nSPS) is 11.3. The van der Waals surface area contributed by atoms with Crippen LogP contribution in [0.3, 0.4) is 0 Å². The number of rotatable bonds is 14. The molecular weight excluding hydrogens is 232 g/mol. The molecule has 0 aliphatic heterocycles. The van der Waals surface area contributed by atoms with E-state index in [2.05, 4.69) is 13.8 Å². The molecule has 0 N–H and O–H groups in total. The van der Waals surface area contributed by atoms with Crippen molar-refractivity contribution in [2.24, 2.45) is 0 Å². The van der Waals surface area contributed by atoms with E-state index in [-0.39, 0.29) is 0 Å². The van der Waals surface area contributed by atoms with Crippen molar-refractivity contribution in [1.82, 2.24) is 0 Å². The highest BCUT2D eigenvalue weighted by Crippen LogP contribution is 2.02. The quantitative estimate of drug-likeness (QED) is 0.450. The maximum atomic E-state index is 5.38. The molecule has 0 fully saturated rings. The SMILES string of the molecule is CCCCOCCO[C](C)OCCOCCCC. The van der Waals surface area contributed by atoms with Crippen LogP contribution in [0.4, 0.5) is 0 Å². The van der Waals surface area contributed by atoms with Gasteiger partial charge in [0.05, 0.1) is 26.4 Å². The molecule has 0 heterocycles. The van der Waals surface area contributed by atoms with E-state index in [1.165, 1.54) is 0 Å². The smallest absolute Gasteiger partial charge is 0.220 e. The highest BCUT2D eigenvalue weighted by Gasteiger charge is 2.03. The van der Waals surface area contributed by atoms with E-state index in [4.69, 9.17) is 18.9 Å². The van der Waals surface area contributed by atoms with Crippen LogP contribution in [-0.4, -0.2) is 39.6 Å². The van der Waals surface area contributed by atoms with Gasteiger partial charge < -0.3 is 18.9 Å². The van der Waals surface area contributed by atoms with Crippen LogP contribution in [0.25, 0.3) is 0 Å². The lowest BCUT2D eigenvalue weighted by molar-refractivity contribution is -0.0677. The van der Waals surface area contributed by atoms with Crippen molar-refractivity contribution < 1.29 is 18.9 Å². The van der Waals surface area contributed by atoms with Gasteiger partial charge >= 0.3 is 0 Å². The van der Waals surface area contributed by atoms with E-state index in [9.17, 15) is 0 Å². The van der Waals surface area contributed by atoms with Crippen molar-refractivity contribution in [3.63, 3.8) is 0 Å². The molecule has 0 saturated heterocycles. The second kappa shape index (κ2) is 14.9. The number of ether oxygens (including phenoxy) is 4. The molecule has 109 valence electrons. The summed E-state index contributed by atoms with van der Waals surface area (Å²) in [5.41, 5.74) is 0. The third kappa shape index (κ3) is 13.9. The van der Waals surface area contributed by atoms with Gasteiger partial charge in [0.1, 0.15) is 0 Å². The Balaban J connectivity index is 3.10. The highest BCUT2D eigenvalue weighted by molar-refractivity contribution is 4.54. The van der Waals surface area contributed by atoms with Crippen molar-refractivity contribution in [3.8, 4) is 0 Å². The zero-order chi connectivity index (χ0) is 13.5. The van der Waals surface area contributed by atoms with E-state index in [0.29, 0.717) is 32.7 Å². The standard InChI is InChI=1S/C14H29O4/c1-4-6-8-15-10-12-17-14(3)18-13-11-16-9-7-5-2/h4-13H2,1-3H3. The Morgan fingerprint density at radius 3 is 1.50 bits per heavy atom. The summed E-state index contributed by atoms with van der Waals surface area (Å²) in [6.45, 7) is 10.1. The van der Waals surface area contributed by atoms with Crippen LogP contribution in [0, 0.1) is 6.29 Å². The Hall–Kier alpha value is -0.160. The molecule has 4 nitrogen and oxygen atoms in total. The van der Waals surface area contributed by atoms with Gasteiger partial charge in [-0.05, 0) is 19.8 Å². The summed E-state index contributed by atoms with van der Waals surface area (Å²) in [6, 6.07) is 0. The minimum atomic E-state index is 0.548. The number of unbranched alkanes of at least 4 members (excludes halogenated alkanes) is 2. The lowest BCUT2D eigenvalue weighted by Gasteiger charge is -2.12. The van der Waals surface area contributed by atoms with Crippen LogP contribution in [0.1, 0.15) is 46.5 Å². The second-order valence-corrected chi connectivity index (χ2v) is 4.12. The summed E-state index contributed by atoms with van der Waals surface area (Å²) in [4.78, 5) is 0. The van der Waals surface area contributed by atoms with Gasteiger partial charge in [0.25, 0.3) is 0 Å². The molecule has 18 heavy (non-hydrogen) atoms. The molecule has 0 aromatic carbocycles. The minimum Gasteiger partial charge on any atom is -0.379 e. The molecule has 0 aromatic rings. The van der Waals surface area contributed by atoms with Crippen molar-refractivity contribution in [3.05, 3.63) is 6.29 Å². The molecule has 0 saturated carbocycles. The molecule has 0 bridgehead atoms. The first-order valence-corrected chi connectivity index (χ1v) is 7.05. The van der Waals surface area contributed by atoms with Gasteiger partial charge in [-0.1, -0.05) is 26.7 Å². The molecule has 0 aliphatic rings. The monoisotopic (exact) mass is 261 g/mol. The maximum absolute atomic E-state index is 5.38. The van der Waals surface area contributed by atoms with E-state index < -0.39 is 0 Å². The summed E-state index contributed by atoms with van der Waals surface area (Å²) < 4.78 is 21.5. The van der Waals surface area contributed by atoms with Crippen LogP contribution >= 0.6 is 0 Å². The van der Waals surface area contributed by atoms with Gasteiger partial charge in [-0.25, -0.2) is 0 Å². The van der Waals surface area contributed by atoms with Crippen LogP contribution in [-0.2, 0) is 18.9 Å². The fraction of sp³-hybridized carbons (Fsp3) is 0.929. The second-order valence-electron chi connectivity index (χ2n) is 4.12. The van der Waals surface area contributed by atoms with Gasteiger partial charge in [0, 0.05) is 13.2 Å². The van der Waals surface area contributed by atoms with Gasteiger partial charge in [-0.3, -0.25) is 0 Å². The topological polar surface area (TPSA) is 36.9 Å². The Morgan fingerprint density at radius 2 is 1.11 bits per heavy atom. The zero-order valence-corrected chi connectivity index (χ0v) is 12.2. The van der Waals surface area contributed by atoms with Gasteiger partial charge in [-0.2, -0.15) is 0 Å². The largest absolute Gasteiger partial charge is 0.379 e. The summed E-state index contributed by atoms with van der Waals surface area (Å²) in [7, 11) is 0. The Bertz CT molecular complexity index is 137. The average Bonchev–Trinajstić information content (AvgIpc) is 2.38. The van der Waals surface area contributed by atoms with Gasteiger partial charge in [-0.15, -0.1) is 0 Å². The van der Waals surface area contributed by atoms with Crippen LogP contribution in [0.2, 0.25) is 0 Å². The molecule has 0 unspecified atom stereocenters. The third-order valence-electron chi connectivity index (χ3n) is 2.35. The van der Waals surface area contributed by atoms with Crippen LogP contribution in [0.15, 0.2) is 0 Å².